The number of aromatic nitrogens is 3. The van der Waals surface area contributed by atoms with Crippen molar-refractivity contribution in [1.29, 1.82) is 5.26 Å². The number of rotatable bonds is 4. The molecule has 0 radical (unpaired) electrons. The van der Waals surface area contributed by atoms with Gasteiger partial charge >= 0.3 is 5.97 Å². The van der Waals surface area contributed by atoms with Crippen molar-refractivity contribution < 1.29 is 14.3 Å². The number of carbonyl (C=O) groups is 2. The number of ketones is 1. The van der Waals surface area contributed by atoms with Crippen LogP contribution in [0.2, 0.25) is 0 Å². The molecule has 0 bridgehead atoms. The number of fused-ring (bicyclic) bond motifs is 2. The monoisotopic (exact) mass is 402 g/mol. The van der Waals surface area contributed by atoms with Gasteiger partial charge in [-0.3, -0.25) is 4.79 Å². The molecule has 0 fully saturated rings. The van der Waals surface area contributed by atoms with Crippen molar-refractivity contribution in [2.24, 2.45) is 0 Å². The van der Waals surface area contributed by atoms with E-state index in [4.69, 9.17) is 4.74 Å². The highest BCUT2D eigenvalue weighted by Crippen LogP contribution is 2.40. The Morgan fingerprint density at radius 1 is 1.13 bits per heavy atom. The molecule has 3 heterocycles. The number of anilines is 2. The third-order valence-electron chi connectivity index (χ3n) is 4.96. The minimum Gasteiger partial charge on any atom is -0.454 e. The molecule has 0 aliphatic carbocycles. The molecule has 0 atom stereocenters. The maximum absolute atomic E-state index is 12.8. The molecule has 0 saturated carbocycles. The second-order valence-electron chi connectivity index (χ2n) is 6.76. The maximum Gasteiger partial charge on any atom is 0.344 e. The lowest BCUT2D eigenvalue weighted by Gasteiger charge is -2.19. The van der Waals surface area contributed by atoms with E-state index in [1.165, 1.54) is 4.52 Å². The van der Waals surface area contributed by atoms with Gasteiger partial charge in [-0.25, -0.2) is 14.3 Å². The Morgan fingerprint density at radius 3 is 2.43 bits per heavy atom. The number of para-hydroxylation sites is 2. The Balaban J connectivity index is 1.58. The lowest BCUT2D eigenvalue weighted by molar-refractivity contribution is -0.118. The lowest BCUT2D eigenvalue weighted by atomic mass is 10.2. The van der Waals surface area contributed by atoms with E-state index in [1.54, 1.807) is 49.3 Å². The van der Waals surface area contributed by atoms with Crippen molar-refractivity contribution in [1.82, 2.24) is 14.6 Å². The highest BCUT2D eigenvalue weighted by atomic mass is 16.5. The van der Waals surface area contributed by atoms with Crippen molar-refractivity contribution in [3.05, 3.63) is 65.4 Å². The molecule has 9 heteroatoms. The number of hydrogen-bond donors (Lipinski definition) is 0. The van der Waals surface area contributed by atoms with Crippen molar-refractivity contribution >= 4 is 28.8 Å². The van der Waals surface area contributed by atoms with Crippen LogP contribution in [-0.4, -0.2) is 47.1 Å². The van der Waals surface area contributed by atoms with E-state index in [1.807, 2.05) is 30.3 Å². The van der Waals surface area contributed by atoms with Crippen LogP contribution >= 0.6 is 0 Å². The molecule has 1 aliphatic heterocycles. The number of benzene rings is 1. The van der Waals surface area contributed by atoms with Gasteiger partial charge in [-0.05, 0) is 25.1 Å². The largest absolute Gasteiger partial charge is 0.454 e. The molecule has 3 aromatic rings. The first kappa shape index (κ1) is 19.1. The van der Waals surface area contributed by atoms with Crippen LogP contribution in [0.4, 0.5) is 11.4 Å². The summed E-state index contributed by atoms with van der Waals surface area (Å²) in [6, 6.07) is 11.2. The first-order valence-corrected chi connectivity index (χ1v) is 9.15. The van der Waals surface area contributed by atoms with Gasteiger partial charge in [0, 0.05) is 26.5 Å². The van der Waals surface area contributed by atoms with E-state index >= 15 is 0 Å². The van der Waals surface area contributed by atoms with Crippen molar-refractivity contribution in [2.45, 2.75) is 6.92 Å². The second kappa shape index (κ2) is 7.33. The van der Waals surface area contributed by atoms with Crippen LogP contribution in [0.5, 0.6) is 0 Å². The minimum atomic E-state index is -0.715. The van der Waals surface area contributed by atoms with Crippen molar-refractivity contribution in [3.63, 3.8) is 0 Å². The van der Waals surface area contributed by atoms with E-state index in [0.29, 0.717) is 17.2 Å². The van der Waals surface area contributed by atoms with Gasteiger partial charge in [0.2, 0.25) is 5.78 Å². The molecule has 0 amide bonds. The molecule has 150 valence electrons. The summed E-state index contributed by atoms with van der Waals surface area (Å²) in [5.74, 6) is -0.865. The molecule has 4 rings (SSSR count). The van der Waals surface area contributed by atoms with Crippen LogP contribution in [0.15, 0.2) is 54.1 Å². The highest BCUT2D eigenvalue weighted by molar-refractivity contribution is 6.05. The summed E-state index contributed by atoms with van der Waals surface area (Å²) in [7, 11) is 3.56. The summed E-state index contributed by atoms with van der Waals surface area (Å²) < 4.78 is 6.69. The zero-order chi connectivity index (χ0) is 21.4. The van der Waals surface area contributed by atoms with Crippen LogP contribution in [-0.2, 0) is 9.53 Å². The van der Waals surface area contributed by atoms with Gasteiger partial charge in [0.1, 0.15) is 23.0 Å². The van der Waals surface area contributed by atoms with Gasteiger partial charge in [-0.2, -0.15) is 10.4 Å². The molecule has 0 N–H and O–H groups in total. The smallest absolute Gasteiger partial charge is 0.344 e. The summed E-state index contributed by atoms with van der Waals surface area (Å²) in [5.41, 5.74) is 2.64. The number of ether oxygens (including phenoxy) is 1. The Bertz CT molecular complexity index is 1220. The van der Waals surface area contributed by atoms with E-state index < -0.39 is 18.4 Å². The number of esters is 1. The summed E-state index contributed by atoms with van der Waals surface area (Å²) in [5, 5.41) is 13.9. The predicted molar refractivity (Wildman–Crippen MR) is 109 cm³/mol. The van der Waals surface area contributed by atoms with Crippen molar-refractivity contribution in [3.8, 4) is 6.07 Å². The molecule has 0 unspecified atom stereocenters. The SMILES string of the molecule is Cc1nn2cccnc2c1C(=O)OCC(=O)C(C#N)=C1N(C)c2ccccc2N1C. The average Bonchev–Trinajstić information content (AvgIpc) is 3.21. The average molecular weight is 402 g/mol. The fraction of sp³-hybridized carbons (Fsp3) is 0.190. The molecular weight excluding hydrogens is 384 g/mol. The van der Waals surface area contributed by atoms with Gasteiger partial charge in [-0.15, -0.1) is 0 Å². The Morgan fingerprint density at radius 2 is 1.80 bits per heavy atom. The molecule has 30 heavy (non-hydrogen) atoms. The zero-order valence-electron chi connectivity index (χ0n) is 16.7. The molecule has 9 nitrogen and oxygen atoms in total. The van der Waals surface area contributed by atoms with Gasteiger partial charge in [0.15, 0.2) is 12.3 Å². The number of nitriles is 1. The summed E-state index contributed by atoms with van der Waals surface area (Å²) in [4.78, 5) is 33.1. The normalized spacial score (nSPS) is 12.7. The number of aryl methyl sites for hydroxylation is 1. The molecule has 0 saturated heterocycles. The van der Waals surface area contributed by atoms with E-state index in [-0.39, 0.29) is 11.1 Å². The van der Waals surface area contributed by atoms with Crippen LogP contribution < -0.4 is 9.80 Å². The van der Waals surface area contributed by atoms with Gasteiger partial charge in [-0.1, -0.05) is 12.1 Å². The topological polar surface area (TPSA) is 104 Å². The predicted octanol–water partition coefficient (Wildman–Crippen LogP) is 2.08. The zero-order valence-corrected chi connectivity index (χ0v) is 16.7. The standard InChI is InChI=1S/C21H18N6O3/c1-13-18(19-23-9-6-10-27(19)24-13)21(29)30-12-17(28)14(11-22)20-25(2)15-7-4-5-8-16(15)26(20)3/h4-10H,12H2,1-3H3. The van der Waals surface area contributed by atoms with E-state index in [0.717, 1.165) is 11.4 Å². The Kier molecular flexibility index (Phi) is 4.68. The molecule has 1 aromatic carbocycles. The quantitative estimate of drug-likeness (QED) is 0.371. The van der Waals surface area contributed by atoms with Crippen LogP contribution in [0.25, 0.3) is 5.65 Å². The second-order valence-corrected chi connectivity index (χ2v) is 6.76. The fourth-order valence-corrected chi connectivity index (χ4v) is 3.57. The van der Waals surface area contributed by atoms with E-state index in [9.17, 15) is 14.9 Å². The third kappa shape index (κ3) is 2.95. The molecule has 0 spiro atoms. The summed E-state index contributed by atoms with van der Waals surface area (Å²) >= 11 is 0. The van der Waals surface area contributed by atoms with Gasteiger partial charge < -0.3 is 14.5 Å². The van der Waals surface area contributed by atoms with Crippen LogP contribution in [0, 0.1) is 18.3 Å². The summed E-state index contributed by atoms with van der Waals surface area (Å²) in [6.07, 6.45) is 3.21. The third-order valence-corrected chi connectivity index (χ3v) is 4.96. The fourth-order valence-electron chi connectivity index (χ4n) is 3.57. The lowest BCUT2D eigenvalue weighted by Crippen LogP contribution is -2.28. The first-order valence-electron chi connectivity index (χ1n) is 9.15. The maximum atomic E-state index is 12.8. The van der Waals surface area contributed by atoms with Crippen molar-refractivity contribution in [2.75, 3.05) is 30.5 Å². The van der Waals surface area contributed by atoms with Crippen LogP contribution in [0.1, 0.15) is 16.1 Å². The molecule has 2 aromatic heterocycles. The Labute approximate surface area is 172 Å². The summed E-state index contributed by atoms with van der Waals surface area (Å²) in [6.45, 7) is 1.10. The van der Waals surface area contributed by atoms with E-state index in [2.05, 4.69) is 10.1 Å². The minimum absolute atomic E-state index is 0.0845. The Hall–Kier alpha value is -4.19. The number of Topliss-reactive ketones (excluding diaryl/α,β-unsaturated/α-hetero) is 1. The molecular formula is C21H18N6O3. The number of nitrogens with zero attached hydrogens (tertiary/aromatic N) is 6. The number of carbonyl (C=O) groups excluding carboxylic acids is 2. The first-order chi connectivity index (χ1) is 14.4. The highest BCUT2D eigenvalue weighted by Gasteiger charge is 2.32. The van der Waals surface area contributed by atoms with Crippen LogP contribution in [0.3, 0.4) is 0 Å². The van der Waals surface area contributed by atoms with Gasteiger partial charge in [0.05, 0.1) is 17.1 Å². The molecule has 1 aliphatic rings. The van der Waals surface area contributed by atoms with Gasteiger partial charge in [0.25, 0.3) is 0 Å². The number of hydrogen-bond acceptors (Lipinski definition) is 8.